The van der Waals surface area contributed by atoms with Crippen LogP contribution in [-0.2, 0) is 17.9 Å². The van der Waals surface area contributed by atoms with Gasteiger partial charge in [0.25, 0.3) is 5.56 Å². The van der Waals surface area contributed by atoms with E-state index in [2.05, 4.69) is 4.98 Å². The first-order chi connectivity index (χ1) is 11.1. The van der Waals surface area contributed by atoms with Crippen molar-refractivity contribution in [2.24, 2.45) is 0 Å². The Morgan fingerprint density at radius 1 is 1.39 bits per heavy atom. The molecule has 120 valence electrons. The van der Waals surface area contributed by atoms with Gasteiger partial charge in [-0.2, -0.15) is 0 Å². The second-order valence-electron chi connectivity index (χ2n) is 5.47. The predicted octanol–water partition coefficient (Wildman–Crippen LogP) is 2.34. The number of aliphatic hydroxyl groups excluding tert-OH is 1. The minimum absolute atomic E-state index is 0.143. The largest absolute Gasteiger partial charge is 0.389 e. The van der Waals surface area contributed by atoms with Crippen LogP contribution in [0.2, 0.25) is 0 Å². The van der Waals surface area contributed by atoms with Gasteiger partial charge in [0, 0.05) is 4.88 Å². The van der Waals surface area contributed by atoms with Crippen LogP contribution in [-0.4, -0.2) is 27.4 Å². The minimum atomic E-state index is -0.753. The van der Waals surface area contributed by atoms with Crippen LogP contribution in [0.5, 0.6) is 0 Å². The fourth-order valence-electron chi connectivity index (χ4n) is 2.37. The molecule has 0 aliphatic rings. The lowest BCUT2D eigenvalue weighted by Gasteiger charge is -2.13. The summed E-state index contributed by atoms with van der Waals surface area (Å²) in [5, 5.41) is 12.6. The van der Waals surface area contributed by atoms with Crippen molar-refractivity contribution in [3.63, 3.8) is 0 Å². The standard InChI is InChI=1S/C17H18N2O3S/c1-12-4-5-16-15(7-12)17(21)19(11-18-16)8-13(20)9-22-10-14-3-2-6-23-14/h2-7,11,13,20H,8-10H2,1H3. The molecule has 2 aromatic heterocycles. The third-order valence-corrected chi connectivity index (χ3v) is 4.37. The maximum Gasteiger partial charge on any atom is 0.261 e. The minimum Gasteiger partial charge on any atom is -0.389 e. The Bertz CT molecular complexity index is 843. The molecule has 0 aliphatic carbocycles. The predicted molar refractivity (Wildman–Crippen MR) is 90.7 cm³/mol. The lowest BCUT2D eigenvalue weighted by Crippen LogP contribution is -2.29. The van der Waals surface area contributed by atoms with Gasteiger partial charge in [0.2, 0.25) is 0 Å². The smallest absolute Gasteiger partial charge is 0.261 e. The molecule has 0 amide bonds. The van der Waals surface area contributed by atoms with Crippen molar-refractivity contribution in [2.75, 3.05) is 6.61 Å². The van der Waals surface area contributed by atoms with Crippen LogP contribution >= 0.6 is 11.3 Å². The molecule has 1 atom stereocenters. The van der Waals surface area contributed by atoms with E-state index in [1.54, 1.807) is 11.3 Å². The molecular formula is C17H18N2O3S. The van der Waals surface area contributed by atoms with Gasteiger partial charge in [-0.15, -0.1) is 11.3 Å². The fraction of sp³-hybridized carbons (Fsp3) is 0.294. The van der Waals surface area contributed by atoms with Crippen LogP contribution in [0.15, 0.2) is 46.8 Å². The van der Waals surface area contributed by atoms with Gasteiger partial charge >= 0.3 is 0 Å². The van der Waals surface area contributed by atoms with Gasteiger partial charge in [0.15, 0.2) is 0 Å². The first-order valence-corrected chi connectivity index (χ1v) is 8.25. The van der Waals surface area contributed by atoms with E-state index in [1.165, 1.54) is 10.9 Å². The van der Waals surface area contributed by atoms with Gasteiger partial charge in [-0.25, -0.2) is 4.98 Å². The van der Waals surface area contributed by atoms with Gasteiger partial charge in [-0.05, 0) is 30.5 Å². The SMILES string of the molecule is Cc1ccc2ncn(CC(O)COCc3cccs3)c(=O)c2c1. The molecule has 1 aromatic carbocycles. The number of hydrogen-bond acceptors (Lipinski definition) is 5. The Hall–Kier alpha value is -2.02. The second kappa shape index (κ2) is 7.04. The summed E-state index contributed by atoms with van der Waals surface area (Å²) in [4.78, 5) is 17.8. The average molecular weight is 330 g/mol. The summed E-state index contributed by atoms with van der Waals surface area (Å²) in [7, 11) is 0. The van der Waals surface area contributed by atoms with E-state index in [9.17, 15) is 9.90 Å². The van der Waals surface area contributed by atoms with Crippen molar-refractivity contribution >= 4 is 22.2 Å². The zero-order valence-electron chi connectivity index (χ0n) is 12.8. The quantitative estimate of drug-likeness (QED) is 0.753. The van der Waals surface area contributed by atoms with Crippen molar-refractivity contribution in [3.8, 4) is 0 Å². The van der Waals surface area contributed by atoms with Crippen LogP contribution in [0, 0.1) is 6.92 Å². The molecule has 0 saturated carbocycles. The number of nitrogens with zero attached hydrogens (tertiary/aromatic N) is 2. The van der Waals surface area contributed by atoms with Gasteiger partial charge in [-0.3, -0.25) is 9.36 Å². The zero-order chi connectivity index (χ0) is 16.2. The van der Waals surface area contributed by atoms with E-state index in [0.717, 1.165) is 10.4 Å². The van der Waals surface area contributed by atoms with Gasteiger partial charge in [0.05, 0.1) is 43.1 Å². The molecule has 3 aromatic rings. The number of aromatic nitrogens is 2. The van der Waals surface area contributed by atoms with Crippen LogP contribution in [0.1, 0.15) is 10.4 Å². The van der Waals surface area contributed by atoms with Crippen LogP contribution < -0.4 is 5.56 Å². The number of benzene rings is 1. The van der Waals surface area contributed by atoms with E-state index < -0.39 is 6.10 Å². The summed E-state index contributed by atoms with van der Waals surface area (Å²) in [6.45, 7) is 2.75. The van der Waals surface area contributed by atoms with E-state index in [-0.39, 0.29) is 18.7 Å². The number of hydrogen-bond donors (Lipinski definition) is 1. The summed E-state index contributed by atoms with van der Waals surface area (Å²) in [6.07, 6.45) is 0.722. The molecule has 23 heavy (non-hydrogen) atoms. The Morgan fingerprint density at radius 2 is 2.26 bits per heavy atom. The van der Waals surface area contributed by atoms with Crippen molar-refractivity contribution in [1.82, 2.24) is 9.55 Å². The highest BCUT2D eigenvalue weighted by Gasteiger charge is 2.10. The molecule has 0 bridgehead atoms. The van der Waals surface area contributed by atoms with E-state index in [4.69, 9.17) is 4.74 Å². The lowest BCUT2D eigenvalue weighted by atomic mass is 10.2. The molecule has 0 aliphatic heterocycles. The number of rotatable bonds is 6. The first-order valence-electron chi connectivity index (χ1n) is 7.37. The van der Waals surface area contributed by atoms with Gasteiger partial charge in [-0.1, -0.05) is 17.7 Å². The Kier molecular flexibility index (Phi) is 4.85. The molecule has 5 nitrogen and oxygen atoms in total. The number of thiophene rings is 1. The van der Waals surface area contributed by atoms with E-state index in [0.29, 0.717) is 17.5 Å². The molecule has 1 unspecified atom stereocenters. The number of fused-ring (bicyclic) bond motifs is 1. The van der Waals surface area contributed by atoms with E-state index in [1.807, 2.05) is 42.6 Å². The van der Waals surface area contributed by atoms with Gasteiger partial charge < -0.3 is 9.84 Å². The summed E-state index contributed by atoms with van der Waals surface area (Å²) < 4.78 is 6.91. The molecule has 0 radical (unpaired) electrons. The summed E-state index contributed by atoms with van der Waals surface area (Å²) >= 11 is 1.61. The number of aliphatic hydroxyl groups is 1. The van der Waals surface area contributed by atoms with E-state index >= 15 is 0 Å². The first kappa shape index (κ1) is 15.9. The highest BCUT2D eigenvalue weighted by molar-refractivity contribution is 7.09. The highest BCUT2D eigenvalue weighted by atomic mass is 32.1. The molecule has 0 spiro atoms. The van der Waals surface area contributed by atoms with Crippen molar-refractivity contribution in [1.29, 1.82) is 0 Å². The van der Waals surface area contributed by atoms with Gasteiger partial charge in [0.1, 0.15) is 0 Å². The maximum absolute atomic E-state index is 12.4. The Balaban J connectivity index is 1.66. The Morgan fingerprint density at radius 3 is 3.04 bits per heavy atom. The van der Waals surface area contributed by atoms with Crippen LogP contribution in [0.4, 0.5) is 0 Å². The topological polar surface area (TPSA) is 64.3 Å². The van der Waals surface area contributed by atoms with Crippen molar-refractivity contribution in [2.45, 2.75) is 26.2 Å². The molecule has 2 heterocycles. The molecule has 6 heteroatoms. The van der Waals surface area contributed by atoms with Crippen molar-refractivity contribution in [3.05, 3.63) is 62.8 Å². The number of ether oxygens (including phenoxy) is 1. The lowest BCUT2D eigenvalue weighted by molar-refractivity contribution is 0.0207. The molecular weight excluding hydrogens is 312 g/mol. The molecule has 0 fully saturated rings. The van der Waals surface area contributed by atoms with Crippen molar-refractivity contribution < 1.29 is 9.84 Å². The number of aryl methyl sites for hydroxylation is 1. The zero-order valence-corrected chi connectivity index (χ0v) is 13.6. The Labute approximate surface area is 137 Å². The highest BCUT2D eigenvalue weighted by Crippen LogP contribution is 2.11. The summed E-state index contributed by atoms with van der Waals surface area (Å²) in [5.74, 6) is 0. The van der Waals surface area contributed by atoms with Crippen LogP contribution in [0.3, 0.4) is 0 Å². The second-order valence-corrected chi connectivity index (χ2v) is 6.50. The fourth-order valence-corrected chi connectivity index (χ4v) is 3.01. The molecule has 3 rings (SSSR count). The normalized spacial score (nSPS) is 12.6. The third kappa shape index (κ3) is 3.85. The summed E-state index contributed by atoms with van der Waals surface area (Å²) in [5.41, 5.74) is 1.53. The molecule has 0 saturated heterocycles. The molecule has 1 N–H and O–H groups in total. The van der Waals surface area contributed by atoms with Crippen LogP contribution in [0.25, 0.3) is 10.9 Å². The third-order valence-electron chi connectivity index (χ3n) is 3.52. The monoisotopic (exact) mass is 330 g/mol. The average Bonchev–Trinajstić information content (AvgIpc) is 3.04. The maximum atomic E-state index is 12.4. The summed E-state index contributed by atoms with van der Waals surface area (Å²) in [6, 6.07) is 9.52.